The molecule has 1 N–H and O–H groups in total. The van der Waals surface area contributed by atoms with Crippen LogP contribution < -0.4 is 5.32 Å². The Kier molecular flexibility index (Phi) is 6.61. The van der Waals surface area contributed by atoms with Crippen LogP contribution in [0.15, 0.2) is 60.8 Å². The highest BCUT2D eigenvalue weighted by Gasteiger charge is 2.33. The molecule has 0 aliphatic heterocycles. The molecule has 3 rings (SSSR count). The average molecular weight is 448 g/mol. The Morgan fingerprint density at radius 3 is 2.19 bits per heavy atom. The van der Waals surface area contributed by atoms with Gasteiger partial charge in [0.15, 0.2) is 5.69 Å². The SMILES string of the molecule is CC(C)N(CC(=O)Nc1ccc(F)cc1)C(=O)c1ccc(-n2ccc(C(F)(F)F)n2)cc1. The van der Waals surface area contributed by atoms with E-state index < -0.39 is 29.5 Å². The second-order valence-corrected chi connectivity index (χ2v) is 7.27. The number of rotatable bonds is 6. The summed E-state index contributed by atoms with van der Waals surface area (Å²) in [5.74, 6) is -1.31. The van der Waals surface area contributed by atoms with Gasteiger partial charge in [-0.2, -0.15) is 18.3 Å². The van der Waals surface area contributed by atoms with Crippen molar-refractivity contribution < 1.29 is 27.2 Å². The summed E-state index contributed by atoms with van der Waals surface area (Å²) in [5.41, 5.74) is -0.00686. The molecule has 1 heterocycles. The molecule has 0 spiro atoms. The third-order valence-corrected chi connectivity index (χ3v) is 4.58. The van der Waals surface area contributed by atoms with Gasteiger partial charge < -0.3 is 10.2 Å². The van der Waals surface area contributed by atoms with Crippen molar-refractivity contribution in [2.45, 2.75) is 26.1 Å². The van der Waals surface area contributed by atoms with E-state index in [4.69, 9.17) is 0 Å². The van der Waals surface area contributed by atoms with Crippen molar-refractivity contribution in [1.82, 2.24) is 14.7 Å². The van der Waals surface area contributed by atoms with Crippen molar-refractivity contribution in [3.63, 3.8) is 0 Å². The van der Waals surface area contributed by atoms with Crippen LogP contribution in [0.1, 0.15) is 29.9 Å². The molecular formula is C22H20F4N4O2. The van der Waals surface area contributed by atoms with Gasteiger partial charge in [-0.05, 0) is 68.4 Å². The number of aromatic nitrogens is 2. The minimum absolute atomic E-state index is 0.232. The molecule has 2 amide bonds. The topological polar surface area (TPSA) is 67.2 Å². The molecule has 1 aromatic heterocycles. The van der Waals surface area contributed by atoms with Gasteiger partial charge in [-0.15, -0.1) is 0 Å². The third kappa shape index (κ3) is 5.51. The van der Waals surface area contributed by atoms with Gasteiger partial charge in [0.2, 0.25) is 5.91 Å². The first-order valence-corrected chi connectivity index (χ1v) is 9.64. The molecule has 6 nitrogen and oxygen atoms in total. The second kappa shape index (κ2) is 9.21. The van der Waals surface area contributed by atoms with Crippen LogP contribution in [0.5, 0.6) is 0 Å². The number of benzene rings is 2. The summed E-state index contributed by atoms with van der Waals surface area (Å²) in [4.78, 5) is 26.6. The van der Waals surface area contributed by atoms with Crippen LogP contribution in [0.3, 0.4) is 0 Å². The Bertz CT molecular complexity index is 1090. The maximum absolute atomic E-state index is 13.0. The Hall–Kier alpha value is -3.69. The molecule has 0 aliphatic carbocycles. The van der Waals surface area contributed by atoms with Gasteiger partial charge >= 0.3 is 6.18 Å². The molecule has 0 saturated heterocycles. The molecule has 0 bridgehead atoms. The zero-order valence-corrected chi connectivity index (χ0v) is 17.2. The Morgan fingerprint density at radius 1 is 1.03 bits per heavy atom. The van der Waals surface area contributed by atoms with E-state index in [0.29, 0.717) is 11.4 Å². The molecule has 0 fully saturated rings. The predicted molar refractivity (Wildman–Crippen MR) is 110 cm³/mol. The first-order valence-electron chi connectivity index (χ1n) is 9.64. The van der Waals surface area contributed by atoms with E-state index in [9.17, 15) is 27.2 Å². The molecule has 10 heteroatoms. The van der Waals surface area contributed by atoms with Gasteiger partial charge in [0.25, 0.3) is 5.91 Å². The first-order chi connectivity index (χ1) is 15.0. The summed E-state index contributed by atoms with van der Waals surface area (Å²) in [6.45, 7) is 3.27. The van der Waals surface area contributed by atoms with E-state index >= 15 is 0 Å². The lowest BCUT2D eigenvalue weighted by molar-refractivity contribution is -0.141. The van der Waals surface area contributed by atoms with Gasteiger partial charge in [0, 0.05) is 23.5 Å². The Balaban J connectivity index is 1.71. The summed E-state index contributed by atoms with van der Waals surface area (Å²) in [5, 5.41) is 6.10. The molecule has 32 heavy (non-hydrogen) atoms. The number of halogens is 4. The zero-order valence-electron chi connectivity index (χ0n) is 17.2. The first kappa shape index (κ1) is 23.0. The van der Waals surface area contributed by atoms with Crippen LogP contribution in [-0.2, 0) is 11.0 Å². The van der Waals surface area contributed by atoms with Crippen LogP contribution in [0.25, 0.3) is 5.69 Å². The number of hydrogen-bond donors (Lipinski definition) is 1. The van der Waals surface area contributed by atoms with Crippen molar-refractivity contribution in [2.75, 3.05) is 11.9 Å². The number of nitrogens with one attached hydrogen (secondary N) is 1. The summed E-state index contributed by atoms with van der Waals surface area (Å²) in [6, 6.07) is 11.6. The lowest BCUT2D eigenvalue weighted by atomic mass is 10.1. The number of amides is 2. The zero-order chi connectivity index (χ0) is 23.5. The highest BCUT2D eigenvalue weighted by Crippen LogP contribution is 2.28. The molecule has 0 radical (unpaired) electrons. The van der Waals surface area contributed by atoms with Crippen molar-refractivity contribution in [1.29, 1.82) is 0 Å². The summed E-state index contributed by atoms with van der Waals surface area (Å²) >= 11 is 0. The molecule has 0 aliphatic rings. The van der Waals surface area contributed by atoms with Gasteiger partial charge in [-0.3, -0.25) is 9.59 Å². The summed E-state index contributed by atoms with van der Waals surface area (Å²) in [7, 11) is 0. The van der Waals surface area contributed by atoms with Crippen LogP contribution in [0.2, 0.25) is 0 Å². The average Bonchev–Trinajstić information content (AvgIpc) is 3.24. The quantitative estimate of drug-likeness (QED) is 0.564. The van der Waals surface area contributed by atoms with Gasteiger partial charge in [0.1, 0.15) is 12.4 Å². The highest BCUT2D eigenvalue weighted by molar-refractivity contribution is 5.99. The number of nitrogens with zero attached hydrogens (tertiary/aromatic N) is 3. The van der Waals surface area contributed by atoms with Gasteiger partial charge in [-0.25, -0.2) is 9.07 Å². The van der Waals surface area contributed by atoms with E-state index in [1.807, 2.05) is 0 Å². The predicted octanol–water partition coefficient (Wildman–Crippen LogP) is 4.52. The third-order valence-electron chi connectivity index (χ3n) is 4.58. The van der Waals surface area contributed by atoms with E-state index in [1.54, 1.807) is 13.8 Å². The number of hydrogen-bond acceptors (Lipinski definition) is 3. The lowest BCUT2D eigenvalue weighted by Crippen LogP contribution is -2.42. The molecule has 0 atom stereocenters. The summed E-state index contributed by atoms with van der Waals surface area (Å²) in [6.07, 6.45) is -3.37. The standard InChI is InChI=1S/C22H20F4N4O2/c1-14(2)29(13-20(31)27-17-7-5-16(23)6-8-17)21(32)15-3-9-18(10-4-15)30-12-11-19(28-30)22(24,25)26/h3-12,14H,13H2,1-2H3,(H,27,31). The van der Waals surface area contributed by atoms with Crippen molar-refractivity contribution >= 4 is 17.5 Å². The normalized spacial score (nSPS) is 11.5. The Morgan fingerprint density at radius 2 is 1.66 bits per heavy atom. The molecule has 0 saturated carbocycles. The molecule has 0 unspecified atom stereocenters. The fourth-order valence-corrected chi connectivity index (χ4v) is 2.92. The maximum atomic E-state index is 13.0. The van der Waals surface area contributed by atoms with Gasteiger partial charge in [-0.1, -0.05) is 0 Å². The van der Waals surface area contributed by atoms with E-state index in [2.05, 4.69) is 10.4 Å². The van der Waals surface area contributed by atoms with Crippen LogP contribution >= 0.6 is 0 Å². The smallest absolute Gasteiger partial charge is 0.327 e. The largest absolute Gasteiger partial charge is 0.435 e. The number of alkyl halides is 3. The monoisotopic (exact) mass is 448 g/mol. The van der Waals surface area contributed by atoms with Gasteiger partial charge in [0.05, 0.1) is 5.69 Å². The lowest BCUT2D eigenvalue weighted by Gasteiger charge is -2.26. The maximum Gasteiger partial charge on any atom is 0.435 e. The number of anilines is 1. The van der Waals surface area contributed by atoms with E-state index in [1.165, 1.54) is 59.6 Å². The second-order valence-electron chi connectivity index (χ2n) is 7.27. The van der Waals surface area contributed by atoms with Crippen molar-refractivity contribution in [3.05, 3.63) is 77.9 Å². The van der Waals surface area contributed by atoms with Crippen molar-refractivity contribution in [2.24, 2.45) is 0 Å². The van der Waals surface area contributed by atoms with Crippen molar-refractivity contribution in [3.8, 4) is 5.69 Å². The fourth-order valence-electron chi connectivity index (χ4n) is 2.92. The molecule has 2 aromatic carbocycles. The highest BCUT2D eigenvalue weighted by atomic mass is 19.4. The molecular weight excluding hydrogens is 428 g/mol. The minimum Gasteiger partial charge on any atom is -0.327 e. The van der Waals surface area contributed by atoms with E-state index in [-0.39, 0.29) is 18.2 Å². The molecule has 3 aromatic rings. The van der Waals surface area contributed by atoms with Crippen LogP contribution in [0.4, 0.5) is 23.2 Å². The Labute approximate surface area is 181 Å². The fraction of sp³-hybridized carbons (Fsp3) is 0.227. The van der Waals surface area contributed by atoms with Crippen LogP contribution in [-0.4, -0.2) is 39.1 Å². The minimum atomic E-state index is -4.55. The molecule has 168 valence electrons. The number of carbonyl (C=O) groups excluding carboxylic acids is 2. The van der Waals surface area contributed by atoms with E-state index in [0.717, 1.165) is 10.7 Å². The summed E-state index contributed by atoms with van der Waals surface area (Å²) < 4.78 is 52.3. The van der Waals surface area contributed by atoms with Crippen LogP contribution in [0, 0.1) is 5.82 Å². The number of carbonyl (C=O) groups is 2.